The summed E-state index contributed by atoms with van der Waals surface area (Å²) in [6.45, 7) is 50.7. The molecule has 5 aromatic heterocycles. The zero-order valence-electron chi connectivity index (χ0n) is 89.2. The standard InChI is InChI=1S/C30H32N.2C29H30N.C28H28N.C21H22N/c1-19-13-22(4)30(23(5)14-19)28-17-29(31(7)18-24(28)6)27-16-26(20(2)15-21(27)3)25-11-9-8-10-12-25;1-19-11-10-12-20(2)29(19)27-17-28(30(6)18-23(27)5)26-16-25(21(3)15-22(26)4)24-13-8-7-9-14-24;1-19-12-13-25(20(2)14-19)27-17-29(30(6)18-23(27)5)28-16-26(21(3)15-22(28)4)24-10-8-7-9-11-24;1-19-11-9-10-14-24(19)26-17-28(29(5)18-22(26)4)27-16-25(20(2)15-21(27)3)23-12-7-6-8-13-23;1-15-9-5-6-10-18(15)19-14-20(17(3)13-16(19)2)21-11-7-8-12-22(21)4/h8-18H,1-7H3;2*7-18H,1-6H3;6-18H,1-5H3;5-14H,1-4H3/q5*+1. The number of benzene rings is 14. The van der Waals surface area contributed by atoms with E-state index < -0.39 is 0 Å². The molecular weight excluding hydrogens is 1720 g/mol. The molecule has 0 aliphatic heterocycles. The number of aromatic nitrogens is 5. The van der Waals surface area contributed by atoms with Crippen LogP contribution in [0.2, 0.25) is 0 Å². The van der Waals surface area contributed by atoms with Crippen LogP contribution in [0.15, 0.2) is 353 Å². The summed E-state index contributed by atoms with van der Waals surface area (Å²) in [6.07, 6.45) is 11.1. The van der Waals surface area contributed by atoms with Crippen LogP contribution in [0.1, 0.15) is 128 Å². The summed E-state index contributed by atoms with van der Waals surface area (Å²) >= 11 is 0. The first-order valence-electron chi connectivity index (χ1n) is 50.1. The van der Waals surface area contributed by atoms with Crippen LogP contribution < -0.4 is 22.8 Å². The van der Waals surface area contributed by atoms with Gasteiger partial charge in [0.25, 0.3) is 0 Å². The fourth-order valence-corrected chi connectivity index (χ4v) is 21.5. The van der Waals surface area contributed by atoms with Crippen molar-refractivity contribution in [2.24, 2.45) is 35.2 Å². The lowest BCUT2D eigenvalue weighted by Gasteiger charge is -2.16. The van der Waals surface area contributed by atoms with Crippen molar-refractivity contribution in [3.63, 3.8) is 0 Å². The summed E-state index contributed by atoms with van der Waals surface area (Å²) in [7, 11) is 10.7. The Balaban J connectivity index is 0.000000134. The molecule has 0 bridgehead atoms. The maximum atomic E-state index is 2.38. The van der Waals surface area contributed by atoms with E-state index in [4.69, 9.17) is 0 Å². The Bertz CT molecular complexity index is 7810. The molecule has 710 valence electrons. The maximum absolute atomic E-state index is 2.38. The van der Waals surface area contributed by atoms with Gasteiger partial charge in [-0.05, 0) is 390 Å². The average molecular weight is 1860 g/mol. The van der Waals surface area contributed by atoms with Gasteiger partial charge >= 0.3 is 0 Å². The van der Waals surface area contributed by atoms with E-state index in [1.807, 2.05) is 0 Å². The van der Waals surface area contributed by atoms with Gasteiger partial charge in [-0.2, -0.15) is 0 Å². The molecule has 0 saturated heterocycles. The smallest absolute Gasteiger partial charge is 0.201 e. The average Bonchev–Trinajstić information content (AvgIpc) is 0.774. The van der Waals surface area contributed by atoms with E-state index in [0.29, 0.717) is 0 Å². The topological polar surface area (TPSA) is 19.4 Å². The molecule has 0 N–H and O–H groups in total. The first kappa shape index (κ1) is 101. The minimum Gasteiger partial charge on any atom is -0.201 e. The SMILES string of the molecule is Cc1cc(C)c(-c2cc(-c3c(C)cccc3C)c(C)c[n+]2C)cc1-c1ccccc1.Cc1cc(C)c(-c2cc(-c3cc(-c4ccccc4)c(C)cc3C)[n+](C)cc2C)c(C)c1.Cc1cc(C)c(-c2cc(-c3ccccc3C)c(C)c[n+]2C)cc1-c1ccccc1.Cc1ccc(-c2cc(-c3cc(-c4ccccc4)c(C)cc3C)[n+](C)cc2C)c(C)c1.Cc1ccccc1-c1cc(-c2cccc[n+]2C)c(C)cc1C. The molecule has 0 amide bonds. The molecule has 19 rings (SSSR count). The summed E-state index contributed by atoms with van der Waals surface area (Å²) in [4.78, 5) is 0. The second-order valence-electron chi connectivity index (χ2n) is 40.0. The van der Waals surface area contributed by atoms with Crippen LogP contribution >= 0.6 is 0 Å². The minimum absolute atomic E-state index is 1.24. The first-order valence-corrected chi connectivity index (χ1v) is 50.1. The van der Waals surface area contributed by atoms with Crippen molar-refractivity contribution in [2.45, 2.75) is 159 Å². The number of hydrogen-bond donors (Lipinski definition) is 0. The summed E-state index contributed by atoms with van der Waals surface area (Å²) in [5, 5.41) is 0. The van der Waals surface area contributed by atoms with E-state index in [1.54, 1.807) is 0 Å². The van der Waals surface area contributed by atoms with Crippen molar-refractivity contribution in [3.8, 4) is 156 Å². The van der Waals surface area contributed by atoms with Gasteiger partial charge in [-0.25, -0.2) is 22.8 Å². The van der Waals surface area contributed by atoms with E-state index in [9.17, 15) is 0 Å². The van der Waals surface area contributed by atoms with E-state index in [1.165, 1.54) is 284 Å². The second-order valence-corrected chi connectivity index (χ2v) is 40.0. The van der Waals surface area contributed by atoms with Crippen molar-refractivity contribution in [1.82, 2.24) is 0 Å². The summed E-state index contributed by atoms with van der Waals surface area (Å²) in [5.41, 5.74) is 66.3. The fraction of sp³-hybridized carbons (Fsp3) is 0.204. The van der Waals surface area contributed by atoms with Crippen LogP contribution in [0, 0.1) is 159 Å². The number of rotatable bonds is 14. The predicted octanol–water partition coefficient (Wildman–Crippen LogP) is 33.0. The lowest BCUT2D eigenvalue weighted by molar-refractivity contribution is -0.660. The molecule has 14 aromatic carbocycles. The molecule has 0 saturated carbocycles. The Morgan fingerprint density at radius 1 is 0.127 bits per heavy atom. The molecule has 0 unspecified atom stereocenters. The molecule has 5 heteroatoms. The Hall–Kier alpha value is -15.2. The summed E-state index contributed by atoms with van der Waals surface area (Å²) < 4.78 is 11.2. The molecular formula is C137H142N5+5. The van der Waals surface area contributed by atoms with Crippen LogP contribution in [-0.2, 0) is 35.2 Å². The van der Waals surface area contributed by atoms with Crippen LogP contribution in [0.5, 0.6) is 0 Å². The normalized spacial score (nSPS) is 11.0. The highest BCUT2D eigenvalue weighted by Gasteiger charge is 2.27. The van der Waals surface area contributed by atoms with Crippen LogP contribution in [-0.4, -0.2) is 0 Å². The third-order valence-corrected chi connectivity index (χ3v) is 28.8. The number of pyridine rings is 5. The Morgan fingerprint density at radius 2 is 0.366 bits per heavy atom. The van der Waals surface area contributed by atoms with Gasteiger partial charge in [-0.3, -0.25) is 0 Å². The lowest BCUT2D eigenvalue weighted by Crippen LogP contribution is -2.31. The number of aryl methyl sites for hydroxylation is 28. The van der Waals surface area contributed by atoms with E-state index in [2.05, 4.69) is 570 Å². The number of hydrogen-bond acceptors (Lipinski definition) is 0. The third kappa shape index (κ3) is 22.3. The fourth-order valence-electron chi connectivity index (χ4n) is 21.5. The number of nitrogens with zero attached hydrogens (tertiary/aromatic N) is 5. The molecule has 0 atom stereocenters. The lowest BCUT2D eigenvalue weighted by atomic mass is 9.89. The van der Waals surface area contributed by atoms with Crippen molar-refractivity contribution in [2.75, 3.05) is 0 Å². The highest BCUT2D eigenvalue weighted by Crippen LogP contribution is 2.43. The highest BCUT2D eigenvalue weighted by atomic mass is 14.9. The van der Waals surface area contributed by atoms with Gasteiger partial charge in [-0.1, -0.05) is 260 Å². The quantitative estimate of drug-likeness (QED) is 0.0967. The van der Waals surface area contributed by atoms with Gasteiger partial charge in [0.1, 0.15) is 35.2 Å². The van der Waals surface area contributed by atoms with E-state index >= 15 is 0 Å². The zero-order chi connectivity index (χ0) is 101. The van der Waals surface area contributed by atoms with E-state index in [0.717, 1.165) is 0 Å². The van der Waals surface area contributed by atoms with Gasteiger partial charge in [0, 0.05) is 86.5 Å². The molecule has 142 heavy (non-hydrogen) atoms. The Labute approximate surface area is 848 Å². The molecule has 19 aromatic rings. The molecule has 5 heterocycles. The van der Waals surface area contributed by atoms with Gasteiger partial charge in [0.05, 0.1) is 0 Å². The molecule has 0 fully saturated rings. The van der Waals surface area contributed by atoms with Gasteiger partial charge in [0.2, 0.25) is 28.5 Å². The van der Waals surface area contributed by atoms with Gasteiger partial charge in [0.15, 0.2) is 31.0 Å². The maximum Gasteiger partial charge on any atom is 0.213 e. The van der Waals surface area contributed by atoms with Gasteiger partial charge in [-0.15, -0.1) is 0 Å². The minimum atomic E-state index is 1.24. The second kappa shape index (κ2) is 44.1. The highest BCUT2D eigenvalue weighted by molar-refractivity contribution is 5.86. The van der Waals surface area contributed by atoms with Crippen molar-refractivity contribution in [3.05, 3.63) is 480 Å². The Kier molecular flexibility index (Phi) is 31.5. The Morgan fingerprint density at radius 3 is 0.690 bits per heavy atom. The van der Waals surface area contributed by atoms with Crippen molar-refractivity contribution in [1.29, 1.82) is 0 Å². The van der Waals surface area contributed by atoms with E-state index in [-0.39, 0.29) is 0 Å². The van der Waals surface area contributed by atoms with Crippen LogP contribution in [0.3, 0.4) is 0 Å². The predicted molar refractivity (Wildman–Crippen MR) is 603 cm³/mol. The summed E-state index contributed by atoms with van der Waals surface area (Å²) in [5.74, 6) is 0. The zero-order valence-corrected chi connectivity index (χ0v) is 89.2. The van der Waals surface area contributed by atoms with Crippen LogP contribution in [0.25, 0.3) is 156 Å². The molecule has 0 spiro atoms. The first-order chi connectivity index (χ1) is 68.0. The van der Waals surface area contributed by atoms with Gasteiger partial charge < -0.3 is 0 Å². The van der Waals surface area contributed by atoms with Crippen LogP contribution in [0.4, 0.5) is 0 Å². The molecule has 0 aliphatic carbocycles. The largest absolute Gasteiger partial charge is 0.213 e. The molecule has 0 aliphatic rings. The summed E-state index contributed by atoms with van der Waals surface area (Å²) in [6, 6.07) is 117. The third-order valence-electron chi connectivity index (χ3n) is 28.8. The molecule has 0 radical (unpaired) electrons. The van der Waals surface area contributed by atoms with Crippen molar-refractivity contribution < 1.29 is 22.8 Å². The molecule has 5 nitrogen and oxygen atoms in total. The van der Waals surface area contributed by atoms with Crippen molar-refractivity contribution >= 4 is 0 Å². The monoisotopic (exact) mass is 1860 g/mol.